The Labute approximate surface area is 201 Å². The summed E-state index contributed by atoms with van der Waals surface area (Å²) in [5.41, 5.74) is 3.65. The van der Waals surface area contributed by atoms with Gasteiger partial charge in [0.2, 0.25) is 11.8 Å². The van der Waals surface area contributed by atoms with Gasteiger partial charge in [-0.1, -0.05) is 18.2 Å². The maximum atomic E-state index is 13.1. The van der Waals surface area contributed by atoms with Gasteiger partial charge in [0.25, 0.3) is 0 Å². The van der Waals surface area contributed by atoms with Gasteiger partial charge in [-0.15, -0.1) is 0 Å². The molecule has 1 unspecified atom stereocenters. The van der Waals surface area contributed by atoms with Crippen molar-refractivity contribution in [3.05, 3.63) is 89.0 Å². The first kappa shape index (κ1) is 25.1. The molecule has 1 atom stereocenters. The molecule has 36 heavy (non-hydrogen) atoms. The largest absolute Gasteiger partial charge is 0.457 e. The number of primary amides is 1. The summed E-state index contributed by atoms with van der Waals surface area (Å²) in [5, 5.41) is 0. The molecule has 3 aromatic carbocycles. The van der Waals surface area contributed by atoms with Crippen LogP contribution in [0.1, 0.15) is 39.4 Å². The molecule has 1 heterocycles. The zero-order valence-corrected chi connectivity index (χ0v) is 18.4. The molecule has 0 aromatic heterocycles. The molecule has 0 bridgehead atoms. The molecule has 2 amide bonds. The third kappa shape index (κ3) is 5.45. The van der Waals surface area contributed by atoms with E-state index in [1.807, 2.05) is 0 Å². The third-order valence-corrected chi connectivity index (χ3v) is 5.69. The van der Waals surface area contributed by atoms with Crippen LogP contribution in [-0.2, 0) is 17.1 Å². The predicted octanol–water partition coefficient (Wildman–Crippen LogP) is 6.14. The molecular formula is C25H18F6N2O3. The summed E-state index contributed by atoms with van der Waals surface area (Å²) >= 11 is 0. The van der Waals surface area contributed by atoms with Crippen molar-refractivity contribution in [3.8, 4) is 11.5 Å². The molecule has 1 saturated heterocycles. The number of nitrogens with two attached hydrogens (primary N) is 1. The van der Waals surface area contributed by atoms with Gasteiger partial charge in [0.15, 0.2) is 0 Å². The van der Waals surface area contributed by atoms with Gasteiger partial charge in [-0.25, -0.2) is 0 Å². The summed E-state index contributed by atoms with van der Waals surface area (Å²) in [4.78, 5) is 25.6. The summed E-state index contributed by atoms with van der Waals surface area (Å²) in [5.74, 6) is -1.80. The number of nitrogens with zero attached hydrogens (tertiary/aromatic N) is 1. The number of hydrogen-bond donors (Lipinski definition) is 1. The Kier molecular flexibility index (Phi) is 6.42. The number of amides is 2. The lowest BCUT2D eigenvalue weighted by Gasteiger charge is -2.18. The average molecular weight is 508 g/mol. The van der Waals surface area contributed by atoms with Gasteiger partial charge in [-0.2, -0.15) is 26.3 Å². The van der Waals surface area contributed by atoms with Gasteiger partial charge >= 0.3 is 12.4 Å². The van der Waals surface area contributed by atoms with Crippen molar-refractivity contribution in [2.75, 3.05) is 11.4 Å². The average Bonchev–Trinajstić information content (AvgIpc) is 3.19. The second-order valence-electron chi connectivity index (χ2n) is 8.24. The van der Waals surface area contributed by atoms with Crippen molar-refractivity contribution in [1.82, 2.24) is 0 Å². The van der Waals surface area contributed by atoms with E-state index in [2.05, 4.69) is 0 Å². The highest BCUT2D eigenvalue weighted by Crippen LogP contribution is 2.40. The molecule has 2 N–H and O–H groups in total. The third-order valence-electron chi connectivity index (χ3n) is 5.69. The van der Waals surface area contributed by atoms with E-state index in [1.54, 1.807) is 18.2 Å². The van der Waals surface area contributed by atoms with Crippen molar-refractivity contribution in [1.29, 1.82) is 0 Å². The van der Waals surface area contributed by atoms with E-state index < -0.39 is 35.1 Å². The second kappa shape index (κ2) is 9.21. The molecule has 0 spiro atoms. The van der Waals surface area contributed by atoms with Crippen LogP contribution in [0, 0.1) is 0 Å². The lowest BCUT2D eigenvalue weighted by molar-refractivity contribution is -0.143. The van der Waals surface area contributed by atoms with Crippen molar-refractivity contribution in [2.45, 2.75) is 24.7 Å². The predicted molar refractivity (Wildman–Crippen MR) is 118 cm³/mol. The highest BCUT2D eigenvalue weighted by Gasteiger charge is 2.37. The zero-order chi connectivity index (χ0) is 26.3. The van der Waals surface area contributed by atoms with Crippen LogP contribution in [0.3, 0.4) is 0 Å². The van der Waals surface area contributed by atoms with Crippen LogP contribution in [0.15, 0.2) is 66.7 Å². The lowest BCUT2D eigenvalue weighted by atomic mass is 9.98. The molecule has 4 rings (SSSR count). The van der Waals surface area contributed by atoms with E-state index in [0.717, 1.165) is 0 Å². The summed E-state index contributed by atoms with van der Waals surface area (Å²) in [7, 11) is 0. The van der Waals surface area contributed by atoms with E-state index in [-0.39, 0.29) is 42.2 Å². The quantitative estimate of drug-likeness (QED) is 0.421. The summed E-state index contributed by atoms with van der Waals surface area (Å²) in [6, 6.07) is 13.3. The zero-order valence-electron chi connectivity index (χ0n) is 18.4. The fourth-order valence-corrected chi connectivity index (χ4v) is 3.96. The maximum Gasteiger partial charge on any atom is 0.416 e. The van der Waals surface area contributed by atoms with Crippen LogP contribution in [0.4, 0.5) is 32.0 Å². The minimum absolute atomic E-state index is 0.0153. The Bertz CT molecular complexity index is 1290. The number of halogens is 6. The first-order valence-electron chi connectivity index (χ1n) is 10.6. The Morgan fingerprint density at radius 1 is 0.861 bits per heavy atom. The van der Waals surface area contributed by atoms with Gasteiger partial charge < -0.3 is 15.4 Å². The molecule has 11 heteroatoms. The fraction of sp³-hybridized carbons (Fsp3) is 0.200. The molecule has 0 aliphatic carbocycles. The lowest BCUT2D eigenvalue weighted by Crippen LogP contribution is -2.24. The van der Waals surface area contributed by atoms with Crippen molar-refractivity contribution >= 4 is 17.5 Å². The number of hydrogen-bond acceptors (Lipinski definition) is 3. The van der Waals surface area contributed by atoms with E-state index in [1.165, 1.54) is 35.2 Å². The monoisotopic (exact) mass is 508 g/mol. The van der Waals surface area contributed by atoms with E-state index in [9.17, 15) is 35.9 Å². The van der Waals surface area contributed by atoms with Crippen molar-refractivity contribution in [2.24, 2.45) is 5.73 Å². The van der Waals surface area contributed by atoms with Crippen molar-refractivity contribution < 1.29 is 40.7 Å². The van der Waals surface area contributed by atoms with Gasteiger partial charge in [0.05, 0.1) is 11.1 Å². The van der Waals surface area contributed by atoms with Crippen LogP contribution in [0.5, 0.6) is 11.5 Å². The summed E-state index contributed by atoms with van der Waals surface area (Å²) in [6.07, 6.45) is -9.90. The molecule has 0 radical (unpaired) electrons. The molecule has 0 saturated carbocycles. The number of rotatable bonds is 5. The fourth-order valence-electron chi connectivity index (χ4n) is 3.96. The van der Waals surface area contributed by atoms with Crippen molar-refractivity contribution in [3.63, 3.8) is 0 Å². The normalized spacial score (nSPS) is 16.3. The number of carbonyl (C=O) groups excluding carboxylic acids is 2. The standard InChI is InChI=1S/C25H18F6N2O3/c26-24(27,28)17-10-18(25(29,30)31)12-21(11-17)36-20-6-2-3-14(8-20)16-9-22(34)33(13-16)19-5-1-4-15(7-19)23(32)35/h1-8,10-12,16H,9,13H2,(H2,32,35). The van der Waals surface area contributed by atoms with Gasteiger partial charge in [-0.3, -0.25) is 9.59 Å². The molecule has 188 valence electrons. The molecule has 1 aliphatic heterocycles. The van der Waals surface area contributed by atoms with E-state index in [4.69, 9.17) is 10.5 Å². The number of carbonyl (C=O) groups is 2. The molecule has 1 aliphatic rings. The number of alkyl halides is 6. The smallest absolute Gasteiger partial charge is 0.416 e. The molecule has 5 nitrogen and oxygen atoms in total. The Morgan fingerprint density at radius 3 is 2.11 bits per heavy atom. The number of anilines is 1. The minimum atomic E-state index is -5.00. The topological polar surface area (TPSA) is 72.6 Å². The van der Waals surface area contributed by atoms with Crippen LogP contribution >= 0.6 is 0 Å². The van der Waals surface area contributed by atoms with E-state index in [0.29, 0.717) is 23.4 Å². The maximum absolute atomic E-state index is 13.1. The first-order chi connectivity index (χ1) is 16.8. The Hall–Kier alpha value is -4.02. The SMILES string of the molecule is NC(=O)c1cccc(N2CC(c3cccc(Oc4cc(C(F)(F)F)cc(C(F)(F)F)c4)c3)CC2=O)c1. The minimum Gasteiger partial charge on any atom is -0.457 e. The highest BCUT2D eigenvalue weighted by molar-refractivity contribution is 5.99. The first-order valence-corrected chi connectivity index (χ1v) is 10.6. The van der Waals surface area contributed by atoms with Gasteiger partial charge in [0, 0.05) is 30.1 Å². The van der Waals surface area contributed by atoms with Gasteiger partial charge in [0.1, 0.15) is 11.5 Å². The number of ether oxygens (including phenoxy) is 1. The van der Waals surface area contributed by atoms with E-state index >= 15 is 0 Å². The molecule has 1 fully saturated rings. The number of benzene rings is 3. The van der Waals surface area contributed by atoms with Crippen LogP contribution < -0.4 is 15.4 Å². The molecular weight excluding hydrogens is 490 g/mol. The van der Waals surface area contributed by atoms with Gasteiger partial charge in [-0.05, 0) is 54.1 Å². The Balaban J connectivity index is 1.58. The summed E-state index contributed by atoms with van der Waals surface area (Å²) < 4.78 is 84.2. The van der Waals surface area contributed by atoms with Crippen LogP contribution in [0.25, 0.3) is 0 Å². The van der Waals surface area contributed by atoms with Crippen LogP contribution in [-0.4, -0.2) is 18.4 Å². The molecule has 3 aromatic rings. The highest BCUT2D eigenvalue weighted by atomic mass is 19.4. The van der Waals surface area contributed by atoms with Crippen LogP contribution in [0.2, 0.25) is 0 Å². The summed E-state index contributed by atoms with van der Waals surface area (Å²) in [6.45, 7) is 0.242. The second-order valence-corrected chi connectivity index (χ2v) is 8.24. The Morgan fingerprint density at radius 2 is 1.50 bits per heavy atom.